The minimum absolute atomic E-state index is 0.368. The Labute approximate surface area is 148 Å². The molecule has 3 aromatic rings. The Morgan fingerprint density at radius 3 is 2.48 bits per heavy atom. The summed E-state index contributed by atoms with van der Waals surface area (Å²) in [4.78, 5) is 5.85. The largest absolute Gasteiger partial charge is 0.489 e. The van der Waals surface area contributed by atoms with Crippen molar-refractivity contribution < 1.29 is 4.74 Å². The molecule has 1 aromatic heterocycles. The van der Waals surface area contributed by atoms with Crippen LogP contribution in [0.2, 0.25) is 0 Å². The molecule has 0 saturated carbocycles. The molecule has 1 unspecified atom stereocenters. The second-order valence-electron chi connectivity index (χ2n) is 7.55. The summed E-state index contributed by atoms with van der Waals surface area (Å²) >= 11 is 0. The smallest absolute Gasteiger partial charge is 0.119 e. The Kier molecular flexibility index (Phi) is 3.56. The summed E-state index contributed by atoms with van der Waals surface area (Å²) in [5.74, 6) is 1.74. The molecule has 3 heteroatoms. The molecule has 2 aromatic carbocycles. The van der Waals surface area contributed by atoms with Crippen molar-refractivity contribution in [1.29, 1.82) is 0 Å². The number of rotatable bonds is 3. The summed E-state index contributed by atoms with van der Waals surface area (Å²) in [5.41, 5.74) is 4.98. The molecule has 1 atom stereocenters. The predicted octanol–water partition coefficient (Wildman–Crippen LogP) is 4.62. The first-order valence-corrected chi connectivity index (χ1v) is 9.33. The van der Waals surface area contributed by atoms with Crippen molar-refractivity contribution in [3.05, 3.63) is 54.2 Å². The SMILES string of the molecule is Cc1c[nH]c2ccc(-c3ccc(OC4CN5CCC4CC5)cc3)cc12. The molecule has 0 amide bonds. The fourth-order valence-electron chi connectivity index (χ4n) is 4.38. The van der Waals surface area contributed by atoms with E-state index in [0.717, 1.165) is 18.2 Å². The van der Waals surface area contributed by atoms with Gasteiger partial charge in [-0.15, -0.1) is 0 Å². The van der Waals surface area contributed by atoms with Gasteiger partial charge in [0.2, 0.25) is 0 Å². The van der Waals surface area contributed by atoms with Crippen molar-refractivity contribution in [3.63, 3.8) is 0 Å². The zero-order valence-corrected chi connectivity index (χ0v) is 14.7. The average molecular weight is 332 g/mol. The maximum atomic E-state index is 6.31. The number of hydrogen-bond donors (Lipinski definition) is 1. The van der Waals surface area contributed by atoms with E-state index >= 15 is 0 Å². The van der Waals surface area contributed by atoms with E-state index in [9.17, 15) is 0 Å². The van der Waals surface area contributed by atoms with Crippen LogP contribution in [0.25, 0.3) is 22.0 Å². The van der Waals surface area contributed by atoms with Crippen molar-refractivity contribution in [2.75, 3.05) is 19.6 Å². The Morgan fingerprint density at radius 2 is 1.76 bits per heavy atom. The molecule has 25 heavy (non-hydrogen) atoms. The van der Waals surface area contributed by atoms with Crippen LogP contribution in [0.5, 0.6) is 5.75 Å². The molecule has 3 nitrogen and oxygen atoms in total. The number of piperidine rings is 3. The number of ether oxygens (including phenoxy) is 1. The highest BCUT2D eigenvalue weighted by atomic mass is 16.5. The molecule has 128 valence electrons. The zero-order valence-electron chi connectivity index (χ0n) is 14.7. The molecule has 3 aliphatic heterocycles. The predicted molar refractivity (Wildman–Crippen MR) is 102 cm³/mol. The molecule has 4 heterocycles. The number of fused-ring (bicyclic) bond motifs is 4. The van der Waals surface area contributed by atoms with Gasteiger partial charge in [0.25, 0.3) is 0 Å². The summed E-state index contributed by atoms with van der Waals surface area (Å²) in [6.07, 6.45) is 5.02. The lowest BCUT2D eigenvalue weighted by molar-refractivity contribution is -0.00775. The van der Waals surface area contributed by atoms with Crippen LogP contribution in [0.1, 0.15) is 18.4 Å². The summed E-state index contributed by atoms with van der Waals surface area (Å²) in [7, 11) is 0. The highest BCUT2D eigenvalue weighted by Gasteiger charge is 2.35. The van der Waals surface area contributed by atoms with Crippen LogP contribution in [-0.2, 0) is 0 Å². The van der Waals surface area contributed by atoms with E-state index in [1.54, 1.807) is 0 Å². The number of nitrogens with one attached hydrogen (secondary N) is 1. The Balaban J connectivity index is 1.36. The van der Waals surface area contributed by atoms with Gasteiger partial charge in [0.15, 0.2) is 0 Å². The summed E-state index contributed by atoms with van der Waals surface area (Å²) < 4.78 is 6.31. The minimum Gasteiger partial charge on any atom is -0.489 e. The third-order valence-corrected chi connectivity index (χ3v) is 5.96. The highest BCUT2D eigenvalue weighted by molar-refractivity contribution is 5.87. The molecule has 1 N–H and O–H groups in total. The van der Waals surface area contributed by atoms with Crippen LogP contribution in [0.3, 0.4) is 0 Å². The van der Waals surface area contributed by atoms with Gasteiger partial charge in [-0.25, -0.2) is 0 Å². The van der Waals surface area contributed by atoms with E-state index in [2.05, 4.69) is 65.5 Å². The van der Waals surface area contributed by atoms with E-state index in [1.165, 1.54) is 53.5 Å². The van der Waals surface area contributed by atoms with E-state index in [4.69, 9.17) is 4.74 Å². The minimum atomic E-state index is 0.368. The summed E-state index contributed by atoms with van der Waals surface area (Å²) in [5, 5.41) is 1.30. The van der Waals surface area contributed by atoms with E-state index in [-0.39, 0.29) is 0 Å². The van der Waals surface area contributed by atoms with E-state index in [1.807, 2.05) is 0 Å². The number of aromatic amines is 1. The topological polar surface area (TPSA) is 28.3 Å². The molecular weight excluding hydrogens is 308 g/mol. The number of aromatic nitrogens is 1. The zero-order chi connectivity index (χ0) is 16.8. The molecular formula is C22H24N2O. The quantitative estimate of drug-likeness (QED) is 0.758. The van der Waals surface area contributed by atoms with E-state index in [0.29, 0.717) is 6.10 Å². The first kappa shape index (κ1) is 15.0. The van der Waals surface area contributed by atoms with Crippen molar-refractivity contribution in [2.24, 2.45) is 5.92 Å². The van der Waals surface area contributed by atoms with Crippen LogP contribution in [0, 0.1) is 12.8 Å². The van der Waals surface area contributed by atoms with Crippen LogP contribution in [-0.4, -0.2) is 35.6 Å². The van der Waals surface area contributed by atoms with Gasteiger partial charge in [-0.05, 0) is 79.7 Å². The highest BCUT2D eigenvalue weighted by Crippen LogP contribution is 2.32. The lowest BCUT2D eigenvalue weighted by Gasteiger charge is -2.44. The maximum Gasteiger partial charge on any atom is 0.119 e. The first-order valence-electron chi connectivity index (χ1n) is 9.33. The van der Waals surface area contributed by atoms with Crippen LogP contribution < -0.4 is 4.74 Å². The standard InChI is InChI=1S/C22H24N2O/c1-15-13-23-21-7-4-18(12-20(15)21)16-2-5-19(6-3-16)25-22-14-24-10-8-17(22)9-11-24/h2-7,12-13,17,22-23H,8-11,14H2,1H3. The monoisotopic (exact) mass is 332 g/mol. The normalized spacial score (nSPS) is 25.4. The van der Waals surface area contributed by atoms with Crippen LogP contribution in [0.15, 0.2) is 48.7 Å². The summed E-state index contributed by atoms with van der Waals surface area (Å²) in [6.45, 7) is 5.75. The van der Waals surface area contributed by atoms with Gasteiger partial charge in [-0.3, -0.25) is 4.90 Å². The molecule has 6 rings (SSSR count). The van der Waals surface area contributed by atoms with Gasteiger partial charge in [0.1, 0.15) is 11.9 Å². The third-order valence-electron chi connectivity index (χ3n) is 5.96. The van der Waals surface area contributed by atoms with Gasteiger partial charge in [-0.2, -0.15) is 0 Å². The second-order valence-corrected chi connectivity index (χ2v) is 7.55. The first-order chi connectivity index (χ1) is 12.3. The molecule has 3 fully saturated rings. The third kappa shape index (κ3) is 2.73. The van der Waals surface area contributed by atoms with Gasteiger partial charge in [0, 0.05) is 23.6 Å². The van der Waals surface area contributed by atoms with Crippen molar-refractivity contribution in [3.8, 4) is 16.9 Å². The average Bonchev–Trinajstić information content (AvgIpc) is 3.04. The Hall–Kier alpha value is -2.26. The number of benzene rings is 2. The van der Waals surface area contributed by atoms with Gasteiger partial charge in [0.05, 0.1) is 0 Å². The number of aryl methyl sites for hydroxylation is 1. The lowest BCUT2D eigenvalue weighted by Crippen LogP contribution is -2.52. The van der Waals surface area contributed by atoms with Gasteiger partial charge in [-0.1, -0.05) is 18.2 Å². The van der Waals surface area contributed by atoms with Gasteiger partial charge >= 0.3 is 0 Å². The van der Waals surface area contributed by atoms with Crippen molar-refractivity contribution in [2.45, 2.75) is 25.9 Å². The molecule has 0 radical (unpaired) electrons. The molecule has 0 aliphatic carbocycles. The summed E-state index contributed by atoms with van der Waals surface area (Å²) in [6, 6.07) is 15.2. The Morgan fingerprint density at radius 1 is 1.00 bits per heavy atom. The van der Waals surface area contributed by atoms with Crippen LogP contribution >= 0.6 is 0 Å². The number of hydrogen-bond acceptors (Lipinski definition) is 2. The van der Waals surface area contributed by atoms with Crippen molar-refractivity contribution in [1.82, 2.24) is 9.88 Å². The molecule has 3 aliphatic rings. The molecule has 2 bridgehead atoms. The second kappa shape index (κ2) is 5.92. The number of nitrogens with zero attached hydrogens (tertiary/aromatic N) is 1. The van der Waals surface area contributed by atoms with E-state index < -0.39 is 0 Å². The van der Waals surface area contributed by atoms with Gasteiger partial charge < -0.3 is 9.72 Å². The number of H-pyrrole nitrogens is 1. The van der Waals surface area contributed by atoms with Crippen molar-refractivity contribution >= 4 is 10.9 Å². The molecule has 0 spiro atoms. The fraction of sp³-hybridized carbons (Fsp3) is 0.364. The molecule has 3 saturated heterocycles. The maximum absolute atomic E-state index is 6.31. The lowest BCUT2D eigenvalue weighted by atomic mass is 9.86. The Bertz CT molecular complexity index is 888. The fourth-order valence-corrected chi connectivity index (χ4v) is 4.38. The van der Waals surface area contributed by atoms with Crippen LogP contribution in [0.4, 0.5) is 0 Å².